The van der Waals surface area contributed by atoms with Gasteiger partial charge in [-0.15, -0.1) is 0 Å². The van der Waals surface area contributed by atoms with Gasteiger partial charge in [-0.05, 0) is 4.53 Å². The average molecular weight is 152 g/mol. The minimum Gasteiger partial charge on any atom is -0.204 e. The van der Waals surface area contributed by atoms with Crippen LogP contribution in [0.5, 0.6) is 0 Å². The molecule has 0 aromatic heterocycles. The average Bonchev–Trinajstić information content (AvgIpc) is 1.68. The molecule has 58 valence electrons. The number of hydrogen-bond donors (Lipinski definition) is 0. The Balaban J connectivity index is 0. The summed E-state index contributed by atoms with van der Waals surface area (Å²) >= 11 is 0. The molecule has 0 heterocycles. The standard InChI is InChI=1S/C2H2F4.CH3FO/c3-1(4)2(5)6;1-3-2/h1-2H;1H3. The summed E-state index contributed by atoms with van der Waals surface area (Å²) in [5, 5.41) is 0. The van der Waals surface area contributed by atoms with Gasteiger partial charge in [0.15, 0.2) is 0 Å². The maximum absolute atomic E-state index is 10.4. The third kappa shape index (κ3) is 18.4. The molecule has 0 atom stereocenters. The first-order valence-electron chi connectivity index (χ1n) is 1.77. The Morgan fingerprint density at radius 1 is 1.00 bits per heavy atom. The van der Waals surface area contributed by atoms with Crippen LogP contribution in [0.3, 0.4) is 0 Å². The van der Waals surface area contributed by atoms with Crippen molar-refractivity contribution in [2.45, 2.75) is 12.9 Å². The third-order valence-electron chi connectivity index (χ3n) is 0.190. The fraction of sp³-hybridized carbons (Fsp3) is 1.00. The van der Waals surface area contributed by atoms with Crippen LogP contribution >= 0.6 is 0 Å². The Morgan fingerprint density at radius 3 is 1.11 bits per heavy atom. The minimum absolute atomic E-state index is 0.958. The van der Waals surface area contributed by atoms with E-state index in [2.05, 4.69) is 4.94 Å². The molecule has 6 heteroatoms. The fourth-order valence-corrected chi connectivity index (χ4v) is 0. The molecular formula is C3H5F5O. The van der Waals surface area contributed by atoms with Crippen LogP contribution in [-0.4, -0.2) is 20.0 Å². The van der Waals surface area contributed by atoms with Gasteiger partial charge in [0.05, 0.1) is 7.11 Å². The van der Waals surface area contributed by atoms with Crippen molar-refractivity contribution in [3.8, 4) is 0 Å². The van der Waals surface area contributed by atoms with Crippen LogP contribution in [0.1, 0.15) is 0 Å². The summed E-state index contributed by atoms with van der Waals surface area (Å²) in [6.07, 6.45) is -6.96. The molecule has 0 saturated carbocycles. The summed E-state index contributed by atoms with van der Waals surface area (Å²) in [7, 11) is 0.958. The van der Waals surface area contributed by atoms with E-state index >= 15 is 0 Å². The molecule has 0 radical (unpaired) electrons. The van der Waals surface area contributed by atoms with Gasteiger partial charge >= 0.3 is 0 Å². The lowest BCUT2D eigenvalue weighted by Gasteiger charge is -1.89. The van der Waals surface area contributed by atoms with Crippen LogP contribution in [0.4, 0.5) is 22.1 Å². The first-order valence-corrected chi connectivity index (χ1v) is 1.77. The molecule has 0 rings (SSSR count). The Bertz CT molecular complexity index is 41.5. The van der Waals surface area contributed by atoms with E-state index in [1.807, 2.05) is 0 Å². The van der Waals surface area contributed by atoms with Crippen molar-refractivity contribution < 1.29 is 27.0 Å². The molecule has 0 saturated heterocycles. The highest BCUT2D eigenvalue weighted by molar-refractivity contribution is 4.35. The van der Waals surface area contributed by atoms with Crippen molar-refractivity contribution >= 4 is 0 Å². The summed E-state index contributed by atoms with van der Waals surface area (Å²) in [6, 6.07) is 0. The number of alkyl halides is 4. The van der Waals surface area contributed by atoms with E-state index in [0.717, 1.165) is 7.11 Å². The van der Waals surface area contributed by atoms with Crippen LogP contribution in [0.15, 0.2) is 0 Å². The van der Waals surface area contributed by atoms with Crippen LogP contribution in [0.25, 0.3) is 0 Å². The Morgan fingerprint density at radius 2 is 1.11 bits per heavy atom. The van der Waals surface area contributed by atoms with Crippen LogP contribution in [-0.2, 0) is 4.94 Å². The van der Waals surface area contributed by atoms with Crippen molar-refractivity contribution in [3.05, 3.63) is 0 Å². The predicted molar refractivity (Wildman–Crippen MR) is 20.1 cm³/mol. The smallest absolute Gasteiger partial charge is 0.204 e. The zero-order chi connectivity index (χ0) is 7.86. The van der Waals surface area contributed by atoms with Crippen molar-refractivity contribution in [2.75, 3.05) is 7.11 Å². The lowest BCUT2D eigenvalue weighted by molar-refractivity contribution is -0.0960. The van der Waals surface area contributed by atoms with E-state index in [0.29, 0.717) is 0 Å². The second-order valence-corrected chi connectivity index (χ2v) is 0.823. The zero-order valence-electron chi connectivity index (χ0n) is 4.45. The van der Waals surface area contributed by atoms with Gasteiger partial charge in [0.2, 0.25) is 0 Å². The van der Waals surface area contributed by atoms with Crippen molar-refractivity contribution in [2.24, 2.45) is 0 Å². The monoisotopic (exact) mass is 152 g/mol. The van der Waals surface area contributed by atoms with Gasteiger partial charge in [0.1, 0.15) is 0 Å². The largest absolute Gasteiger partial charge is 0.298 e. The Labute approximate surface area is 48.3 Å². The molecule has 0 aliphatic rings. The molecule has 0 fully saturated rings. The Hall–Kier alpha value is -0.390. The predicted octanol–water partition coefficient (Wildman–Crippen LogP) is 2.03. The van der Waals surface area contributed by atoms with Crippen molar-refractivity contribution in [1.82, 2.24) is 0 Å². The third-order valence-corrected chi connectivity index (χ3v) is 0.190. The topological polar surface area (TPSA) is 9.23 Å². The second-order valence-electron chi connectivity index (χ2n) is 0.823. The lowest BCUT2D eigenvalue weighted by atomic mass is 10.8. The summed E-state index contributed by atoms with van der Waals surface area (Å²) in [5.41, 5.74) is 0. The molecular weight excluding hydrogens is 147 g/mol. The molecule has 0 aliphatic heterocycles. The van der Waals surface area contributed by atoms with Gasteiger partial charge in [0.25, 0.3) is 12.9 Å². The summed E-state index contributed by atoms with van der Waals surface area (Å²) in [6.45, 7) is 0. The van der Waals surface area contributed by atoms with Gasteiger partial charge in [-0.3, -0.25) is 0 Å². The Kier molecular flexibility index (Phi) is 9.65. The molecule has 0 aromatic rings. The van der Waals surface area contributed by atoms with E-state index in [1.165, 1.54) is 0 Å². The van der Waals surface area contributed by atoms with Gasteiger partial charge in [0, 0.05) is 0 Å². The summed E-state index contributed by atoms with van der Waals surface area (Å²) in [5.74, 6) is 0. The quantitative estimate of drug-likeness (QED) is 0.522. The minimum atomic E-state index is -3.48. The van der Waals surface area contributed by atoms with Crippen LogP contribution in [0.2, 0.25) is 0 Å². The van der Waals surface area contributed by atoms with Crippen LogP contribution < -0.4 is 0 Å². The van der Waals surface area contributed by atoms with E-state index in [-0.39, 0.29) is 0 Å². The molecule has 9 heavy (non-hydrogen) atoms. The van der Waals surface area contributed by atoms with Gasteiger partial charge < -0.3 is 0 Å². The molecule has 0 aliphatic carbocycles. The summed E-state index contributed by atoms with van der Waals surface area (Å²) < 4.78 is 51.4. The second kappa shape index (κ2) is 7.61. The fourth-order valence-electron chi connectivity index (χ4n) is 0. The first kappa shape index (κ1) is 11.4. The highest BCUT2D eigenvalue weighted by Gasteiger charge is 2.15. The summed E-state index contributed by atoms with van der Waals surface area (Å²) in [4.78, 5) is 2.75. The van der Waals surface area contributed by atoms with E-state index in [4.69, 9.17) is 0 Å². The normalized spacial score (nSPS) is 9.33. The van der Waals surface area contributed by atoms with E-state index < -0.39 is 12.9 Å². The molecule has 0 bridgehead atoms. The van der Waals surface area contributed by atoms with E-state index in [1.54, 1.807) is 0 Å². The maximum Gasteiger partial charge on any atom is 0.298 e. The molecule has 0 aromatic carbocycles. The number of hydrogen-bond acceptors (Lipinski definition) is 1. The number of rotatable bonds is 1. The molecule has 0 spiro atoms. The van der Waals surface area contributed by atoms with Gasteiger partial charge in [-0.1, -0.05) is 0 Å². The molecule has 0 unspecified atom stereocenters. The lowest BCUT2D eigenvalue weighted by Crippen LogP contribution is -2.02. The molecule has 0 amide bonds. The van der Waals surface area contributed by atoms with Crippen molar-refractivity contribution in [3.63, 3.8) is 0 Å². The van der Waals surface area contributed by atoms with Crippen molar-refractivity contribution in [1.29, 1.82) is 0 Å². The highest BCUT2D eigenvalue weighted by atomic mass is 19.3. The van der Waals surface area contributed by atoms with Gasteiger partial charge in [-0.2, -0.15) is 4.94 Å². The van der Waals surface area contributed by atoms with Crippen LogP contribution in [0, 0.1) is 0 Å². The highest BCUT2D eigenvalue weighted by Crippen LogP contribution is 2.04. The maximum atomic E-state index is 10.4. The van der Waals surface area contributed by atoms with E-state index in [9.17, 15) is 22.1 Å². The SMILES string of the molecule is COF.FC(F)C(F)F. The molecule has 1 nitrogen and oxygen atoms in total. The van der Waals surface area contributed by atoms with Gasteiger partial charge in [-0.25, -0.2) is 17.6 Å². The zero-order valence-corrected chi connectivity index (χ0v) is 4.45. The number of halogens is 5. The molecule has 0 N–H and O–H groups in total. The first-order chi connectivity index (χ1) is 4.06.